The standard InChI is InChI=1S/C16H30O4Si2/c1-17-21(5,18-2)12-10-15-8-7-9-16(14-15)11-13-22(6,19-3)20-4/h7-9,14H,10-13H2,1-6H3. The minimum absolute atomic E-state index is 0.964. The molecule has 126 valence electrons. The van der Waals surface area contributed by atoms with E-state index >= 15 is 0 Å². The Morgan fingerprint density at radius 1 is 0.727 bits per heavy atom. The van der Waals surface area contributed by atoms with Crippen molar-refractivity contribution in [1.82, 2.24) is 0 Å². The van der Waals surface area contributed by atoms with Crippen molar-refractivity contribution in [2.75, 3.05) is 28.4 Å². The molecule has 0 unspecified atom stereocenters. The van der Waals surface area contributed by atoms with Crippen molar-refractivity contribution in [3.05, 3.63) is 35.4 Å². The first kappa shape index (κ1) is 19.5. The van der Waals surface area contributed by atoms with Crippen LogP contribution in [-0.2, 0) is 30.5 Å². The van der Waals surface area contributed by atoms with E-state index in [4.69, 9.17) is 17.7 Å². The molecule has 0 N–H and O–H groups in total. The number of hydrogen-bond acceptors (Lipinski definition) is 4. The van der Waals surface area contributed by atoms with Gasteiger partial charge in [0.1, 0.15) is 0 Å². The van der Waals surface area contributed by atoms with Crippen LogP contribution in [0.25, 0.3) is 0 Å². The topological polar surface area (TPSA) is 36.9 Å². The third-order valence-corrected chi connectivity index (χ3v) is 10.2. The van der Waals surface area contributed by atoms with E-state index in [0.717, 1.165) is 24.9 Å². The van der Waals surface area contributed by atoms with Crippen molar-refractivity contribution in [2.45, 2.75) is 38.0 Å². The van der Waals surface area contributed by atoms with Crippen molar-refractivity contribution in [3.8, 4) is 0 Å². The molecule has 0 aromatic heterocycles. The minimum atomic E-state index is -1.99. The van der Waals surface area contributed by atoms with Crippen molar-refractivity contribution in [3.63, 3.8) is 0 Å². The molecule has 0 aliphatic rings. The molecule has 1 rings (SSSR count). The van der Waals surface area contributed by atoms with Gasteiger partial charge in [0, 0.05) is 28.4 Å². The molecular formula is C16H30O4Si2. The maximum atomic E-state index is 5.55. The molecule has 0 spiro atoms. The zero-order chi connectivity index (χ0) is 16.6. The van der Waals surface area contributed by atoms with Crippen LogP contribution in [0.1, 0.15) is 11.1 Å². The van der Waals surface area contributed by atoms with Crippen LogP contribution in [0.15, 0.2) is 24.3 Å². The normalized spacial score (nSPS) is 12.6. The van der Waals surface area contributed by atoms with Gasteiger partial charge < -0.3 is 17.7 Å². The lowest BCUT2D eigenvalue weighted by Gasteiger charge is -2.23. The molecule has 0 saturated heterocycles. The van der Waals surface area contributed by atoms with Gasteiger partial charge in [-0.15, -0.1) is 0 Å². The summed E-state index contributed by atoms with van der Waals surface area (Å²) in [5.74, 6) is 0. The predicted molar refractivity (Wildman–Crippen MR) is 94.7 cm³/mol. The molecule has 22 heavy (non-hydrogen) atoms. The Morgan fingerprint density at radius 2 is 1.09 bits per heavy atom. The van der Waals surface area contributed by atoms with Crippen LogP contribution in [-0.4, -0.2) is 45.6 Å². The van der Waals surface area contributed by atoms with Gasteiger partial charge >= 0.3 is 17.1 Å². The first-order valence-corrected chi connectivity index (χ1v) is 12.7. The summed E-state index contributed by atoms with van der Waals surface area (Å²) in [6, 6.07) is 10.7. The minimum Gasteiger partial charge on any atom is -0.398 e. The Kier molecular flexibility index (Phi) is 7.95. The van der Waals surface area contributed by atoms with Gasteiger partial charge in [0.25, 0.3) is 0 Å². The molecule has 0 heterocycles. The Morgan fingerprint density at radius 3 is 1.41 bits per heavy atom. The molecule has 0 saturated carbocycles. The van der Waals surface area contributed by atoms with Crippen LogP contribution in [0.4, 0.5) is 0 Å². The van der Waals surface area contributed by atoms with E-state index in [-0.39, 0.29) is 0 Å². The second kappa shape index (κ2) is 8.95. The molecule has 4 nitrogen and oxygen atoms in total. The molecule has 0 aliphatic heterocycles. The summed E-state index contributed by atoms with van der Waals surface area (Å²) >= 11 is 0. The van der Waals surface area contributed by atoms with E-state index in [9.17, 15) is 0 Å². The van der Waals surface area contributed by atoms with E-state index in [1.807, 2.05) is 0 Å². The zero-order valence-corrected chi connectivity index (χ0v) is 16.8. The Balaban J connectivity index is 2.63. The Bertz CT molecular complexity index is 408. The first-order chi connectivity index (χ1) is 10.4. The van der Waals surface area contributed by atoms with Gasteiger partial charge in [-0.3, -0.25) is 0 Å². The monoisotopic (exact) mass is 342 g/mol. The molecular weight excluding hydrogens is 312 g/mol. The summed E-state index contributed by atoms with van der Waals surface area (Å²) in [5.41, 5.74) is 2.67. The average Bonchev–Trinajstić information content (AvgIpc) is 2.58. The molecule has 6 heteroatoms. The molecule has 1 aromatic rings. The molecule has 0 radical (unpaired) electrons. The van der Waals surface area contributed by atoms with Crippen molar-refractivity contribution < 1.29 is 17.7 Å². The highest BCUT2D eigenvalue weighted by atomic mass is 28.4. The van der Waals surface area contributed by atoms with Crippen molar-refractivity contribution in [1.29, 1.82) is 0 Å². The maximum absolute atomic E-state index is 5.55. The summed E-state index contributed by atoms with van der Waals surface area (Å²) in [6.07, 6.45) is 1.98. The quantitative estimate of drug-likeness (QED) is 0.610. The largest absolute Gasteiger partial charge is 0.398 e. The second-order valence-electron chi connectivity index (χ2n) is 5.90. The smallest absolute Gasteiger partial charge is 0.334 e. The molecule has 0 bridgehead atoms. The molecule has 0 fully saturated rings. The predicted octanol–water partition coefficient (Wildman–Crippen LogP) is 3.50. The fourth-order valence-electron chi connectivity index (χ4n) is 2.26. The van der Waals surface area contributed by atoms with Crippen LogP contribution in [0.3, 0.4) is 0 Å². The van der Waals surface area contributed by atoms with Crippen LogP contribution in [0.2, 0.25) is 25.2 Å². The van der Waals surface area contributed by atoms with Crippen LogP contribution in [0, 0.1) is 0 Å². The highest BCUT2D eigenvalue weighted by Crippen LogP contribution is 2.19. The average molecular weight is 343 g/mol. The summed E-state index contributed by atoms with van der Waals surface area (Å²) in [4.78, 5) is 0. The van der Waals surface area contributed by atoms with Gasteiger partial charge in [0.2, 0.25) is 0 Å². The molecule has 0 amide bonds. The van der Waals surface area contributed by atoms with Gasteiger partial charge in [0.15, 0.2) is 0 Å². The summed E-state index contributed by atoms with van der Waals surface area (Å²) < 4.78 is 22.2. The summed E-state index contributed by atoms with van der Waals surface area (Å²) in [6.45, 7) is 4.20. The first-order valence-electron chi connectivity index (χ1n) is 7.69. The SMILES string of the molecule is CO[Si](C)(CCc1cccc(CC[Si](C)(OC)OC)c1)OC. The van der Waals surface area contributed by atoms with Crippen LogP contribution < -0.4 is 0 Å². The van der Waals surface area contributed by atoms with Crippen molar-refractivity contribution >= 4 is 17.1 Å². The highest BCUT2D eigenvalue weighted by molar-refractivity contribution is 6.66. The lowest BCUT2D eigenvalue weighted by molar-refractivity contribution is 0.249. The van der Waals surface area contributed by atoms with Crippen LogP contribution in [0.5, 0.6) is 0 Å². The number of hydrogen-bond donors (Lipinski definition) is 0. The van der Waals surface area contributed by atoms with Gasteiger partial charge in [-0.1, -0.05) is 24.3 Å². The third-order valence-electron chi connectivity index (χ3n) is 4.45. The second-order valence-corrected chi connectivity index (χ2v) is 13.1. The number of aryl methyl sites for hydroxylation is 2. The van der Waals surface area contributed by atoms with Crippen LogP contribution >= 0.6 is 0 Å². The fraction of sp³-hybridized carbons (Fsp3) is 0.625. The van der Waals surface area contributed by atoms with Gasteiger partial charge in [-0.05, 0) is 49.2 Å². The molecule has 0 aliphatic carbocycles. The van der Waals surface area contributed by atoms with E-state index in [0.29, 0.717) is 0 Å². The maximum Gasteiger partial charge on any atom is 0.334 e. The van der Waals surface area contributed by atoms with E-state index in [1.54, 1.807) is 28.4 Å². The van der Waals surface area contributed by atoms with E-state index < -0.39 is 17.1 Å². The van der Waals surface area contributed by atoms with Crippen molar-refractivity contribution in [2.24, 2.45) is 0 Å². The lowest BCUT2D eigenvalue weighted by Crippen LogP contribution is -2.36. The zero-order valence-electron chi connectivity index (χ0n) is 14.8. The lowest BCUT2D eigenvalue weighted by atomic mass is 10.1. The van der Waals surface area contributed by atoms with E-state index in [2.05, 4.69) is 37.4 Å². The summed E-state index contributed by atoms with van der Waals surface area (Å²) in [5, 5.41) is 0. The number of benzene rings is 1. The van der Waals surface area contributed by atoms with Gasteiger partial charge in [0.05, 0.1) is 0 Å². The Hall–Kier alpha value is -0.506. The highest BCUT2D eigenvalue weighted by Gasteiger charge is 2.29. The van der Waals surface area contributed by atoms with E-state index in [1.165, 1.54) is 11.1 Å². The van der Waals surface area contributed by atoms with Gasteiger partial charge in [-0.2, -0.15) is 0 Å². The third kappa shape index (κ3) is 5.94. The summed E-state index contributed by atoms with van der Waals surface area (Å²) in [7, 11) is 2.99. The Labute approximate surface area is 137 Å². The number of rotatable bonds is 10. The fourth-order valence-corrected chi connectivity index (χ4v) is 4.89. The molecule has 0 atom stereocenters. The molecule has 1 aromatic carbocycles. The van der Waals surface area contributed by atoms with Gasteiger partial charge in [-0.25, -0.2) is 0 Å².